The van der Waals surface area contributed by atoms with Gasteiger partial charge in [-0.25, -0.2) is 0 Å². The lowest BCUT2D eigenvalue weighted by Gasteiger charge is -2.34. The molecule has 0 atom stereocenters. The topological polar surface area (TPSA) is 3.24 Å². The van der Waals surface area contributed by atoms with Crippen molar-refractivity contribution in [3.05, 3.63) is 24.6 Å². The predicted octanol–water partition coefficient (Wildman–Crippen LogP) is 1.93. The van der Waals surface area contributed by atoms with Crippen LogP contribution in [0.25, 0.3) is 0 Å². The van der Waals surface area contributed by atoms with Crippen LogP contribution in [0.5, 0.6) is 0 Å². The Hall–Kier alpha value is -0.126. The molecule has 0 aromatic heterocycles. The van der Waals surface area contributed by atoms with Crippen molar-refractivity contribution >= 4 is 17.2 Å². The van der Waals surface area contributed by atoms with Gasteiger partial charge in [-0.15, -0.1) is 13.2 Å². The molecule has 0 bridgehead atoms. The molecule has 0 N–H and O–H groups in total. The molecule has 11 heavy (non-hydrogen) atoms. The van der Waals surface area contributed by atoms with Crippen molar-refractivity contribution in [2.75, 3.05) is 7.05 Å². The highest BCUT2D eigenvalue weighted by molar-refractivity contribution is 6.91. The van der Waals surface area contributed by atoms with Gasteiger partial charge in [0.15, 0.2) is 8.24 Å². The van der Waals surface area contributed by atoms with E-state index in [1.165, 1.54) is 0 Å². The van der Waals surface area contributed by atoms with Gasteiger partial charge in [0.1, 0.15) is 0 Å². The zero-order valence-corrected chi connectivity index (χ0v) is 10.2. The summed E-state index contributed by atoms with van der Waals surface area (Å²) >= 11 is 0. The van der Waals surface area contributed by atoms with Crippen LogP contribution in [0, 0.1) is 0 Å². The van der Waals surface area contributed by atoms with E-state index < -0.39 is 17.2 Å². The fourth-order valence-electron chi connectivity index (χ4n) is 0.928. The van der Waals surface area contributed by atoms with Gasteiger partial charge in [-0.05, 0) is 13.6 Å². The maximum atomic E-state index is 3.88. The Morgan fingerprint density at radius 2 is 1.64 bits per heavy atom. The number of nitrogens with zero attached hydrogens (tertiary/aromatic N) is 1. The molecular formula is C8H19NSi2. The Morgan fingerprint density at radius 1 is 1.27 bits per heavy atom. The van der Waals surface area contributed by atoms with Crippen LogP contribution >= 0.6 is 0 Å². The highest BCUT2D eigenvalue weighted by atomic mass is 28.4. The van der Waals surface area contributed by atoms with Gasteiger partial charge in [-0.1, -0.05) is 24.5 Å². The minimum absolute atomic E-state index is 0.672. The van der Waals surface area contributed by atoms with Gasteiger partial charge >= 0.3 is 0 Å². The first-order chi connectivity index (χ1) is 4.98. The van der Waals surface area contributed by atoms with Crippen LogP contribution in [0.2, 0.25) is 19.6 Å². The molecule has 0 saturated heterocycles. The molecule has 0 radical (unpaired) electrons. The van der Waals surface area contributed by atoms with Crippen LogP contribution in [-0.2, 0) is 0 Å². The van der Waals surface area contributed by atoms with E-state index in [4.69, 9.17) is 0 Å². The fourth-order valence-corrected chi connectivity index (χ4v) is 6.75. The summed E-state index contributed by atoms with van der Waals surface area (Å²) in [6.07, 6.45) is 0. The molecule has 0 aliphatic rings. The van der Waals surface area contributed by atoms with Crippen LogP contribution in [0.4, 0.5) is 0 Å². The fraction of sp³-hybridized carbons (Fsp3) is 0.500. The molecule has 0 rings (SSSR count). The van der Waals surface area contributed by atoms with E-state index in [0.29, 0.717) is 0 Å². The Morgan fingerprint density at radius 3 is 1.73 bits per heavy atom. The maximum Gasteiger partial charge on any atom is 0.166 e. The third-order valence-electron chi connectivity index (χ3n) is 2.36. The lowest BCUT2D eigenvalue weighted by atomic mass is 11.2. The maximum absolute atomic E-state index is 3.88. The first kappa shape index (κ1) is 10.9. The summed E-state index contributed by atoms with van der Waals surface area (Å²) in [4.78, 5) is 0. The van der Waals surface area contributed by atoms with Gasteiger partial charge in [0, 0.05) is 0 Å². The van der Waals surface area contributed by atoms with Crippen molar-refractivity contribution in [3.63, 3.8) is 0 Å². The second-order valence-corrected chi connectivity index (χ2v) is 10.8. The van der Waals surface area contributed by atoms with Crippen molar-refractivity contribution in [1.82, 2.24) is 4.23 Å². The highest BCUT2D eigenvalue weighted by Gasteiger charge is 2.26. The third-order valence-corrected chi connectivity index (χ3v) is 10.3. The van der Waals surface area contributed by atoms with E-state index >= 15 is 0 Å². The van der Waals surface area contributed by atoms with Gasteiger partial charge in [0.2, 0.25) is 0 Å². The largest absolute Gasteiger partial charge is 0.344 e. The van der Waals surface area contributed by atoms with E-state index in [1.807, 2.05) is 0 Å². The lowest BCUT2D eigenvalue weighted by Crippen LogP contribution is -2.51. The van der Waals surface area contributed by atoms with Crippen LogP contribution < -0.4 is 0 Å². The van der Waals surface area contributed by atoms with E-state index in [9.17, 15) is 0 Å². The summed E-state index contributed by atoms with van der Waals surface area (Å²) in [5.41, 5.74) is 4.18. The van der Waals surface area contributed by atoms with Gasteiger partial charge < -0.3 is 4.23 Å². The molecule has 0 unspecified atom stereocenters. The minimum atomic E-state index is -1.44. The van der Waals surface area contributed by atoms with E-state index in [-0.39, 0.29) is 0 Å². The summed E-state index contributed by atoms with van der Waals surface area (Å²) in [6.45, 7) is 14.7. The van der Waals surface area contributed by atoms with Crippen LogP contribution in [0.1, 0.15) is 0 Å². The summed E-state index contributed by atoms with van der Waals surface area (Å²) in [6, 6.07) is 0. The first-order valence-corrected chi connectivity index (χ1v) is 9.41. The number of hydrogen-bond acceptors (Lipinski definition) is 1. The summed E-state index contributed by atoms with van der Waals surface area (Å²) in [5, 5.41) is 0. The Bertz CT molecular complexity index is 146. The molecule has 0 amide bonds. The summed E-state index contributed by atoms with van der Waals surface area (Å²) in [7, 11) is 0.0875. The number of rotatable bonds is 4. The standard InChI is InChI=1S/C8H19NSi2/c1-7-11(6,8-2)9(3)10(4)5/h7-8,10H,1-2H2,3-6H3. The third kappa shape index (κ3) is 2.43. The Labute approximate surface area is 73.2 Å². The summed E-state index contributed by atoms with van der Waals surface area (Å²) in [5.74, 6) is 0. The molecule has 64 valence electrons. The molecule has 0 saturated carbocycles. The van der Waals surface area contributed by atoms with E-state index in [0.717, 1.165) is 0 Å². The van der Waals surface area contributed by atoms with Crippen LogP contribution in [0.15, 0.2) is 24.6 Å². The predicted molar refractivity (Wildman–Crippen MR) is 58.7 cm³/mol. The lowest BCUT2D eigenvalue weighted by molar-refractivity contribution is 0.798. The van der Waals surface area contributed by atoms with Gasteiger partial charge in [0.05, 0.1) is 8.96 Å². The molecule has 0 spiro atoms. The van der Waals surface area contributed by atoms with E-state index in [1.54, 1.807) is 0 Å². The summed E-state index contributed by atoms with van der Waals surface area (Å²) < 4.78 is 2.51. The Balaban J connectivity index is 4.48. The van der Waals surface area contributed by atoms with Crippen molar-refractivity contribution in [2.24, 2.45) is 0 Å². The van der Waals surface area contributed by atoms with Gasteiger partial charge in [0.25, 0.3) is 0 Å². The van der Waals surface area contributed by atoms with Gasteiger partial charge in [-0.2, -0.15) is 0 Å². The molecular weight excluding hydrogens is 166 g/mol. The molecule has 0 heterocycles. The first-order valence-electron chi connectivity index (χ1n) is 3.98. The normalized spacial score (nSPS) is 12.2. The van der Waals surface area contributed by atoms with Crippen molar-refractivity contribution < 1.29 is 0 Å². The second-order valence-electron chi connectivity index (χ2n) is 3.34. The monoisotopic (exact) mass is 185 g/mol. The molecule has 0 aliphatic heterocycles. The van der Waals surface area contributed by atoms with Crippen molar-refractivity contribution in [3.8, 4) is 0 Å². The molecule has 0 aliphatic carbocycles. The van der Waals surface area contributed by atoms with Crippen LogP contribution in [0.3, 0.4) is 0 Å². The zero-order valence-electron chi connectivity index (χ0n) is 8.09. The highest BCUT2D eigenvalue weighted by Crippen LogP contribution is 2.11. The molecule has 3 heteroatoms. The smallest absolute Gasteiger partial charge is 0.166 e. The van der Waals surface area contributed by atoms with Crippen molar-refractivity contribution in [2.45, 2.75) is 19.6 Å². The van der Waals surface area contributed by atoms with E-state index in [2.05, 4.69) is 55.5 Å². The average molecular weight is 185 g/mol. The van der Waals surface area contributed by atoms with Gasteiger partial charge in [-0.3, -0.25) is 0 Å². The second kappa shape index (κ2) is 4.04. The Kier molecular flexibility index (Phi) is 3.99. The SMILES string of the molecule is C=C[Si](C)(C=C)N(C)[SiH](C)C. The quantitative estimate of drug-likeness (QED) is 0.605. The molecule has 0 aromatic rings. The van der Waals surface area contributed by atoms with Crippen molar-refractivity contribution in [1.29, 1.82) is 0 Å². The zero-order chi connectivity index (χ0) is 9.07. The number of hydrogen-bond donors (Lipinski definition) is 0. The van der Waals surface area contributed by atoms with Crippen LogP contribution in [-0.4, -0.2) is 28.5 Å². The molecule has 1 nitrogen and oxygen atoms in total. The molecule has 0 aromatic carbocycles. The molecule has 0 fully saturated rings. The average Bonchev–Trinajstić information content (AvgIpc) is 2.01. The minimum Gasteiger partial charge on any atom is -0.344 e.